The fourth-order valence-corrected chi connectivity index (χ4v) is 4.85. The van der Waals surface area contributed by atoms with Gasteiger partial charge in [-0.3, -0.25) is 0 Å². The molecule has 6 aromatic rings. The molecule has 0 heterocycles. The van der Waals surface area contributed by atoms with Crippen molar-refractivity contribution in [1.82, 2.24) is 0 Å². The first-order valence-corrected chi connectivity index (χ1v) is 11.4. The third-order valence-electron chi connectivity index (χ3n) is 5.39. The highest BCUT2D eigenvalue weighted by Crippen LogP contribution is 2.29. The van der Waals surface area contributed by atoms with Crippen molar-refractivity contribution in [2.24, 2.45) is 0 Å². The van der Waals surface area contributed by atoms with Crippen LogP contribution in [0.2, 0.25) is 0 Å². The summed E-state index contributed by atoms with van der Waals surface area (Å²) in [6, 6.07) is 38.4. The molecule has 144 valence electrons. The van der Waals surface area contributed by atoms with Crippen LogP contribution in [0.4, 0.5) is 0 Å². The fraction of sp³-hybridized carbons (Fsp3) is 0. The molecular formula is C28H18Br2. The van der Waals surface area contributed by atoms with Gasteiger partial charge in [0, 0.05) is 8.95 Å². The van der Waals surface area contributed by atoms with Crippen molar-refractivity contribution in [2.45, 2.75) is 0 Å². The highest BCUT2D eigenvalue weighted by atomic mass is 79.9. The van der Waals surface area contributed by atoms with Gasteiger partial charge in [0.05, 0.1) is 0 Å². The molecule has 0 unspecified atom stereocenters. The van der Waals surface area contributed by atoms with E-state index >= 15 is 0 Å². The standard InChI is InChI=1S/2C14H9Br/c2*15-14-7-3-6-12-8-10-4-1-2-5-11(10)9-13(12)14/h2*1-9H. The Balaban J connectivity index is 0.000000128. The SMILES string of the molecule is Brc1cccc2cc3ccccc3cc12.Brc1cccc2cc3ccccc3cc12. The molecule has 0 aliphatic carbocycles. The lowest BCUT2D eigenvalue weighted by molar-refractivity contribution is 1.73. The molecule has 0 saturated heterocycles. The Morgan fingerprint density at radius 2 is 0.667 bits per heavy atom. The Hall–Kier alpha value is -2.68. The summed E-state index contributed by atoms with van der Waals surface area (Å²) in [4.78, 5) is 0. The van der Waals surface area contributed by atoms with E-state index in [2.05, 4.69) is 141 Å². The van der Waals surface area contributed by atoms with Crippen LogP contribution >= 0.6 is 31.9 Å². The zero-order chi connectivity index (χ0) is 20.5. The van der Waals surface area contributed by atoms with Crippen LogP contribution in [-0.2, 0) is 0 Å². The minimum atomic E-state index is 1.16. The van der Waals surface area contributed by atoms with Gasteiger partial charge in [0.25, 0.3) is 0 Å². The van der Waals surface area contributed by atoms with Crippen LogP contribution in [0.1, 0.15) is 0 Å². The molecule has 0 saturated carbocycles. The number of hydrogen-bond donors (Lipinski definition) is 0. The summed E-state index contributed by atoms with van der Waals surface area (Å²) in [6.45, 7) is 0. The number of hydrogen-bond acceptors (Lipinski definition) is 0. The van der Waals surface area contributed by atoms with Crippen molar-refractivity contribution >= 4 is 74.9 Å². The van der Waals surface area contributed by atoms with Gasteiger partial charge in [-0.05, 0) is 79.5 Å². The van der Waals surface area contributed by atoms with Gasteiger partial charge in [0.1, 0.15) is 0 Å². The molecule has 0 atom stereocenters. The van der Waals surface area contributed by atoms with E-state index in [0.29, 0.717) is 0 Å². The molecule has 0 amide bonds. The summed E-state index contributed by atoms with van der Waals surface area (Å²) >= 11 is 7.17. The second-order valence-corrected chi connectivity index (χ2v) is 9.03. The third-order valence-corrected chi connectivity index (χ3v) is 6.77. The van der Waals surface area contributed by atoms with Crippen molar-refractivity contribution < 1.29 is 0 Å². The molecule has 0 radical (unpaired) electrons. The van der Waals surface area contributed by atoms with Crippen molar-refractivity contribution in [1.29, 1.82) is 0 Å². The minimum Gasteiger partial charge on any atom is -0.0616 e. The summed E-state index contributed by atoms with van der Waals surface area (Å²) in [6.07, 6.45) is 0. The van der Waals surface area contributed by atoms with Gasteiger partial charge < -0.3 is 0 Å². The molecule has 0 fully saturated rings. The number of rotatable bonds is 0. The van der Waals surface area contributed by atoms with Crippen molar-refractivity contribution in [3.05, 3.63) is 118 Å². The van der Waals surface area contributed by atoms with E-state index in [1.165, 1.54) is 43.1 Å². The fourth-order valence-electron chi connectivity index (χ4n) is 3.86. The van der Waals surface area contributed by atoms with Crippen LogP contribution in [-0.4, -0.2) is 0 Å². The Morgan fingerprint density at radius 1 is 0.333 bits per heavy atom. The van der Waals surface area contributed by atoms with E-state index in [9.17, 15) is 0 Å². The maximum absolute atomic E-state index is 3.58. The van der Waals surface area contributed by atoms with Gasteiger partial charge in [-0.2, -0.15) is 0 Å². The van der Waals surface area contributed by atoms with Crippen LogP contribution in [0.15, 0.2) is 118 Å². The average molecular weight is 514 g/mol. The first-order chi connectivity index (χ1) is 14.7. The lowest BCUT2D eigenvalue weighted by Crippen LogP contribution is -1.76. The summed E-state index contributed by atoms with van der Waals surface area (Å²) in [5, 5.41) is 10.3. The molecule has 0 aliphatic heterocycles. The predicted octanol–water partition coefficient (Wildman–Crippen LogP) is 9.51. The molecule has 0 nitrogen and oxygen atoms in total. The van der Waals surface area contributed by atoms with E-state index in [1.807, 2.05) is 0 Å². The molecule has 30 heavy (non-hydrogen) atoms. The van der Waals surface area contributed by atoms with Crippen LogP contribution in [0.25, 0.3) is 43.1 Å². The van der Waals surface area contributed by atoms with Crippen LogP contribution < -0.4 is 0 Å². The largest absolute Gasteiger partial charge is 0.0616 e. The Kier molecular flexibility index (Phi) is 5.28. The molecule has 6 rings (SSSR count). The summed E-state index contributed by atoms with van der Waals surface area (Å²) in [5.41, 5.74) is 0. The quantitative estimate of drug-likeness (QED) is 0.177. The molecule has 6 aromatic carbocycles. The highest BCUT2D eigenvalue weighted by molar-refractivity contribution is 9.11. The monoisotopic (exact) mass is 512 g/mol. The topological polar surface area (TPSA) is 0 Å². The molecule has 0 aliphatic rings. The van der Waals surface area contributed by atoms with Crippen molar-refractivity contribution in [2.75, 3.05) is 0 Å². The van der Waals surface area contributed by atoms with E-state index in [0.717, 1.165) is 8.95 Å². The zero-order valence-corrected chi connectivity index (χ0v) is 19.3. The van der Waals surface area contributed by atoms with Gasteiger partial charge in [-0.1, -0.05) is 105 Å². The second-order valence-electron chi connectivity index (χ2n) is 7.32. The molecule has 0 N–H and O–H groups in total. The first-order valence-electron chi connectivity index (χ1n) is 9.83. The smallest absolute Gasteiger partial charge is 0.0253 e. The Morgan fingerprint density at radius 3 is 1.07 bits per heavy atom. The summed E-state index contributed by atoms with van der Waals surface area (Å²) in [7, 11) is 0. The Labute approximate surface area is 192 Å². The summed E-state index contributed by atoms with van der Waals surface area (Å²) in [5.74, 6) is 0. The number of halogens is 2. The lowest BCUT2D eigenvalue weighted by Gasteiger charge is -2.03. The highest BCUT2D eigenvalue weighted by Gasteiger charge is 2.01. The maximum Gasteiger partial charge on any atom is 0.0253 e. The van der Waals surface area contributed by atoms with Gasteiger partial charge in [0.15, 0.2) is 0 Å². The average Bonchev–Trinajstić information content (AvgIpc) is 2.78. The van der Waals surface area contributed by atoms with Crippen molar-refractivity contribution in [3.8, 4) is 0 Å². The molecule has 0 aromatic heterocycles. The third kappa shape index (κ3) is 3.74. The first kappa shape index (κ1) is 19.3. The molecule has 2 heteroatoms. The number of benzene rings is 6. The molecular weight excluding hydrogens is 496 g/mol. The zero-order valence-electron chi connectivity index (χ0n) is 16.1. The second kappa shape index (κ2) is 8.22. The van der Waals surface area contributed by atoms with Crippen molar-refractivity contribution in [3.63, 3.8) is 0 Å². The van der Waals surface area contributed by atoms with Gasteiger partial charge in [0.2, 0.25) is 0 Å². The van der Waals surface area contributed by atoms with Crippen LogP contribution in [0, 0.1) is 0 Å². The van der Waals surface area contributed by atoms with E-state index in [4.69, 9.17) is 0 Å². The van der Waals surface area contributed by atoms with Gasteiger partial charge >= 0.3 is 0 Å². The van der Waals surface area contributed by atoms with Crippen LogP contribution in [0.3, 0.4) is 0 Å². The predicted molar refractivity (Wildman–Crippen MR) is 138 cm³/mol. The minimum absolute atomic E-state index is 1.16. The Bertz CT molecular complexity index is 1400. The van der Waals surface area contributed by atoms with E-state index in [1.54, 1.807) is 0 Å². The molecule has 0 spiro atoms. The summed E-state index contributed by atoms with van der Waals surface area (Å²) < 4.78 is 2.32. The van der Waals surface area contributed by atoms with E-state index < -0.39 is 0 Å². The van der Waals surface area contributed by atoms with Gasteiger partial charge in [-0.25, -0.2) is 0 Å². The lowest BCUT2D eigenvalue weighted by atomic mass is 10.0. The van der Waals surface area contributed by atoms with Crippen LogP contribution in [0.5, 0.6) is 0 Å². The maximum atomic E-state index is 3.58. The van der Waals surface area contributed by atoms with E-state index in [-0.39, 0.29) is 0 Å². The van der Waals surface area contributed by atoms with Gasteiger partial charge in [-0.15, -0.1) is 0 Å². The molecule has 0 bridgehead atoms. The number of fused-ring (bicyclic) bond motifs is 4. The normalized spacial score (nSPS) is 11.0.